The van der Waals surface area contributed by atoms with Crippen LogP contribution in [0.3, 0.4) is 0 Å². The highest BCUT2D eigenvalue weighted by atomic mass is 16.6. The summed E-state index contributed by atoms with van der Waals surface area (Å²) in [6.07, 6.45) is -0.786. The normalized spacial score (nSPS) is 15.6. The number of rotatable bonds is 5. The molecule has 6 nitrogen and oxygen atoms in total. The van der Waals surface area contributed by atoms with E-state index in [1.54, 1.807) is 24.3 Å². The van der Waals surface area contributed by atoms with Crippen molar-refractivity contribution in [2.24, 2.45) is 0 Å². The van der Waals surface area contributed by atoms with Crippen LogP contribution in [-0.4, -0.2) is 31.1 Å². The first-order valence-corrected chi connectivity index (χ1v) is 7.33. The van der Waals surface area contributed by atoms with E-state index in [2.05, 4.69) is 0 Å². The first-order chi connectivity index (χ1) is 11.6. The van der Waals surface area contributed by atoms with E-state index in [9.17, 15) is 14.7 Å². The number of hydrogen-bond donors (Lipinski definition) is 1. The van der Waals surface area contributed by atoms with E-state index in [-0.39, 0.29) is 34.8 Å². The van der Waals surface area contributed by atoms with Gasteiger partial charge in [-0.05, 0) is 18.2 Å². The van der Waals surface area contributed by atoms with Crippen LogP contribution in [0.4, 0.5) is 0 Å². The smallest absolute Gasteiger partial charge is 0.343 e. The van der Waals surface area contributed by atoms with Gasteiger partial charge in [0, 0.05) is 5.56 Å². The number of carbonyl (C=O) groups is 2. The number of benzene rings is 2. The summed E-state index contributed by atoms with van der Waals surface area (Å²) in [4.78, 5) is 24.6. The number of esters is 1. The molecule has 2 aromatic rings. The SMILES string of the molecule is COc1ccc2c(c1OC)C(=O)O[C@@H]2CC(=O)c1ccccc1O. The zero-order valence-electron chi connectivity index (χ0n) is 13.2. The predicted molar refractivity (Wildman–Crippen MR) is 84.8 cm³/mol. The van der Waals surface area contributed by atoms with Crippen LogP contribution in [0.2, 0.25) is 0 Å². The Morgan fingerprint density at radius 2 is 1.92 bits per heavy atom. The minimum absolute atomic E-state index is 0.0637. The first kappa shape index (κ1) is 15.9. The molecule has 0 aliphatic carbocycles. The lowest BCUT2D eigenvalue weighted by Gasteiger charge is -2.12. The summed E-state index contributed by atoms with van der Waals surface area (Å²) in [6.45, 7) is 0. The number of Topliss-reactive ketones (excluding diaryl/α,β-unsaturated/α-hetero) is 1. The van der Waals surface area contributed by atoms with E-state index in [0.29, 0.717) is 11.3 Å². The monoisotopic (exact) mass is 328 g/mol. The average Bonchev–Trinajstić information content (AvgIpc) is 2.90. The van der Waals surface area contributed by atoms with Gasteiger partial charge in [-0.2, -0.15) is 0 Å². The Morgan fingerprint density at radius 1 is 1.17 bits per heavy atom. The second-order valence-corrected chi connectivity index (χ2v) is 5.30. The molecular formula is C18H16O6. The topological polar surface area (TPSA) is 82.1 Å². The fourth-order valence-corrected chi connectivity index (χ4v) is 2.81. The Morgan fingerprint density at radius 3 is 2.58 bits per heavy atom. The Bertz CT molecular complexity index is 811. The van der Waals surface area contributed by atoms with Crippen molar-refractivity contribution in [3.8, 4) is 17.2 Å². The number of methoxy groups -OCH3 is 2. The van der Waals surface area contributed by atoms with Crippen molar-refractivity contribution < 1.29 is 28.9 Å². The van der Waals surface area contributed by atoms with Gasteiger partial charge >= 0.3 is 5.97 Å². The zero-order valence-corrected chi connectivity index (χ0v) is 13.2. The third-order valence-corrected chi connectivity index (χ3v) is 3.95. The number of hydrogen-bond acceptors (Lipinski definition) is 6. The summed E-state index contributed by atoms with van der Waals surface area (Å²) < 4.78 is 15.8. The molecule has 0 aromatic heterocycles. The van der Waals surface area contributed by atoms with Gasteiger partial charge in [0.05, 0.1) is 26.2 Å². The lowest BCUT2D eigenvalue weighted by atomic mass is 9.97. The number of para-hydroxylation sites is 1. The van der Waals surface area contributed by atoms with Crippen LogP contribution in [0.1, 0.15) is 38.8 Å². The van der Waals surface area contributed by atoms with Gasteiger partial charge in [-0.25, -0.2) is 4.79 Å². The van der Waals surface area contributed by atoms with Gasteiger partial charge in [-0.15, -0.1) is 0 Å². The van der Waals surface area contributed by atoms with E-state index in [4.69, 9.17) is 14.2 Å². The van der Waals surface area contributed by atoms with E-state index in [0.717, 1.165) is 0 Å². The Labute approximate surface area is 138 Å². The molecule has 0 bridgehead atoms. The molecule has 1 aliphatic rings. The quantitative estimate of drug-likeness (QED) is 0.671. The molecule has 1 N–H and O–H groups in total. The van der Waals surface area contributed by atoms with Crippen molar-refractivity contribution in [1.29, 1.82) is 0 Å². The molecule has 1 aliphatic heterocycles. The van der Waals surface area contributed by atoms with Crippen LogP contribution in [0, 0.1) is 0 Å². The molecule has 0 amide bonds. The molecular weight excluding hydrogens is 312 g/mol. The third-order valence-electron chi connectivity index (χ3n) is 3.95. The largest absolute Gasteiger partial charge is 0.507 e. The van der Waals surface area contributed by atoms with Crippen LogP contribution in [-0.2, 0) is 4.74 Å². The highest BCUT2D eigenvalue weighted by Gasteiger charge is 2.37. The van der Waals surface area contributed by atoms with Crippen LogP contribution < -0.4 is 9.47 Å². The minimum Gasteiger partial charge on any atom is -0.507 e. The highest BCUT2D eigenvalue weighted by molar-refractivity contribution is 6.01. The molecule has 0 radical (unpaired) electrons. The minimum atomic E-state index is -0.723. The second-order valence-electron chi connectivity index (χ2n) is 5.30. The van der Waals surface area contributed by atoms with Crippen molar-refractivity contribution in [3.05, 3.63) is 53.1 Å². The highest BCUT2D eigenvalue weighted by Crippen LogP contribution is 2.43. The number of fused-ring (bicyclic) bond motifs is 1. The molecule has 1 heterocycles. The van der Waals surface area contributed by atoms with E-state index < -0.39 is 12.1 Å². The van der Waals surface area contributed by atoms with Crippen molar-refractivity contribution in [3.63, 3.8) is 0 Å². The van der Waals surface area contributed by atoms with Gasteiger partial charge in [0.15, 0.2) is 17.3 Å². The molecule has 0 saturated carbocycles. The number of phenols is 1. The first-order valence-electron chi connectivity index (χ1n) is 7.33. The van der Waals surface area contributed by atoms with Crippen molar-refractivity contribution in [2.75, 3.05) is 14.2 Å². The fraction of sp³-hybridized carbons (Fsp3) is 0.222. The number of ketones is 1. The number of aromatic hydroxyl groups is 1. The molecule has 124 valence electrons. The average molecular weight is 328 g/mol. The molecule has 0 saturated heterocycles. The maximum absolute atomic E-state index is 12.4. The van der Waals surface area contributed by atoms with Gasteiger partial charge in [-0.1, -0.05) is 18.2 Å². The zero-order chi connectivity index (χ0) is 17.3. The summed E-state index contributed by atoms with van der Waals surface area (Å²) in [7, 11) is 2.91. The summed E-state index contributed by atoms with van der Waals surface area (Å²) in [5.74, 6) is -0.262. The molecule has 0 fully saturated rings. The van der Waals surface area contributed by atoms with Crippen LogP contribution in [0.5, 0.6) is 17.2 Å². The van der Waals surface area contributed by atoms with Gasteiger partial charge in [-0.3, -0.25) is 4.79 Å². The molecule has 0 spiro atoms. The van der Waals surface area contributed by atoms with Crippen LogP contribution in [0.15, 0.2) is 36.4 Å². The van der Waals surface area contributed by atoms with E-state index in [1.165, 1.54) is 26.4 Å². The van der Waals surface area contributed by atoms with Crippen molar-refractivity contribution >= 4 is 11.8 Å². The maximum atomic E-state index is 12.4. The van der Waals surface area contributed by atoms with Gasteiger partial charge in [0.1, 0.15) is 17.4 Å². The maximum Gasteiger partial charge on any atom is 0.343 e. The van der Waals surface area contributed by atoms with Crippen LogP contribution >= 0.6 is 0 Å². The molecule has 2 aromatic carbocycles. The van der Waals surface area contributed by atoms with Crippen LogP contribution in [0.25, 0.3) is 0 Å². The third kappa shape index (κ3) is 2.56. The Balaban J connectivity index is 1.93. The second kappa shape index (κ2) is 6.23. The number of ether oxygens (including phenoxy) is 3. The fourth-order valence-electron chi connectivity index (χ4n) is 2.81. The van der Waals surface area contributed by atoms with Crippen molar-refractivity contribution in [2.45, 2.75) is 12.5 Å². The molecule has 24 heavy (non-hydrogen) atoms. The molecule has 6 heteroatoms. The summed E-state index contributed by atoms with van der Waals surface area (Å²) in [5, 5.41) is 9.79. The van der Waals surface area contributed by atoms with E-state index in [1.807, 2.05) is 0 Å². The predicted octanol–water partition coefficient (Wildman–Crippen LogP) is 2.89. The summed E-state index contributed by atoms with van der Waals surface area (Å²) in [5.41, 5.74) is 1.04. The number of cyclic esters (lactones) is 1. The van der Waals surface area contributed by atoms with Gasteiger partial charge < -0.3 is 19.3 Å². The molecule has 3 rings (SSSR count). The number of carbonyl (C=O) groups excluding carboxylic acids is 2. The van der Waals surface area contributed by atoms with E-state index >= 15 is 0 Å². The lowest BCUT2D eigenvalue weighted by molar-refractivity contribution is 0.0365. The lowest BCUT2D eigenvalue weighted by Crippen LogP contribution is -2.07. The van der Waals surface area contributed by atoms with Gasteiger partial charge in [0.25, 0.3) is 0 Å². The summed E-state index contributed by atoms with van der Waals surface area (Å²) in [6, 6.07) is 9.62. The molecule has 0 unspecified atom stereocenters. The molecule has 1 atom stereocenters. The van der Waals surface area contributed by atoms with Gasteiger partial charge in [0.2, 0.25) is 0 Å². The number of phenolic OH excluding ortho intramolecular Hbond substituents is 1. The Hall–Kier alpha value is -3.02. The van der Waals surface area contributed by atoms with Crippen molar-refractivity contribution in [1.82, 2.24) is 0 Å². The standard InChI is InChI=1S/C18H16O6/c1-22-14-8-7-11-15(24-18(21)16(11)17(14)23-2)9-13(20)10-5-3-4-6-12(10)19/h3-8,15,19H,9H2,1-2H3/t15-/m1/s1. The summed E-state index contributed by atoms with van der Waals surface area (Å²) >= 11 is 0. The Kier molecular flexibility index (Phi) is 4.12.